The van der Waals surface area contributed by atoms with Crippen LogP contribution in [-0.2, 0) is 4.79 Å². The molecule has 26 heavy (non-hydrogen) atoms. The van der Waals surface area contributed by atoms with Crippen molar-refractivity contribution in [2.75, 3.05) is 17.7 Å². The first-order valence-electron chi connectivity index (χ1n) is 8.31. The second-order valence-electron chi connectivity index (χ2n) is 6.28. The molecule has 0 radical (unpaired) electrons. The Balaban J connectivity index is 2.09. The normalized spacial score (nSPS) is 11.7. The molecule has 0 aliphatic carbocycles. The van der Waals surface area contributed by atoms with Gasteiger partial charge in [0, 0.05) is 11.8 Å². The van der Waals surface area contributed by atoms with Crippen molar-refractivity contribution in [3.8, 4) is 5.75 Å². The molecule has 2 aromatic rings. The first kappa shape index (κ1) is 19.2. The number of nitrogens with one attached hydrogen (secondary N) is 2. The summed E-state index contributed by atoms with van der Waals surface area (Å²) >= 11 is 0. The maximum atomic E-state index is 12.5. The SMILES string of the molecule is COc1cc([N+](=O)[O-])ccc1NC(=O)[C@H](C)Nc1cccc(C(C)C)c1. The number of anilines is 2. The first-order chi connectivity index (χ1) is 12.3. The molecule has 0 aliphatic heterocycles. The summed E-state index contributed by atoms with van der Waals surface area (Å²) in [7, 11) is 1.40. The van der Waals surface area contributed by atoms with E-state index in [0.717, 1.165) is 5.69 Å². The van der Waals surface area contributed by atoms with Crippen molar-refractivity contribution >= 4 is 23.0 Å². The minimum Gasteiger partial charge on any atom is -0.494 e. The van der Waals surface area contributed by atoms with Gasteiger partial charge in [0.05, 0.1) is 23.8 Å². The van der Waals surface area contributed by atoms with E-state index in [1.54, 1.807) is 6.92 Å². The van der Waals surface area contributed by atoms with Gasteiger partial charge < -0.3 is 15.4 Å². The van der Waals surface area contributed by atoms with E-state index in [2.05, 4.69) is 24.5 Å². The molecule has 0 aromatic heterocycles. The lowest BCUT2D eigenvalue weighted by Gasteiger charge is -2.17. The molecule has 0 fully saturated rings. The van der Waals surface area contributed by atoms with Crippen LogP contribution >= 0.6 is 0 Å². The van der Waals surface area contributed by atoms with Crippen LogP contribution in [0.3, 0.4) is 0 Å². The number of benzene rings is 2. The van der Waals surface area contributed by atoms with Gasteiger partial charge in [-0.2, -0.15) is 0 Å². The lowest BCUT2D eigenvalue weighted by molar-refractivity contribution is -0.384. The Morgan fingerprint density at radius 3 is 2.50 bits per heavy atom. The minimum absolute atomic E-state index is 0.100. The summed E-state index contributed by atoms with van der Waals surface area (Å²) < 4.78 is 5.14. The second-order valence-corrected chi connectivity index (χ2v) is 6.28. The number of nitro benzene ring substituents is 1. The third kappa shape index (κ3) is 4.72. The highest BCUT2D eigenvalue weighted by Crippen LogP contribution is 2.29. The first-order valence-corrected chi connectivity index (χ1v) is 8.31. The second kappa shape index (κ2) is 8.33. The maximum Gasteiger partial charge on any atom is 0.273 e. The molecule has 7 heteroatoms. The Hall–Kier alpha value is -3.09. The van der Waals surface area contributed by atoms with Crippen LogP contribution in [0.2, 0.25) is 0 Å². The number of amides is 1. The molecule has 138 valence electrons. The van der Waals surface area contributed by atoms with Crippen LogP contribution in [0.25, 0.3) is 0 Å². The fraction of sp³-hybridized carbons (Fsp3) is 0.316. The molecule has 0 aliphatic rings. The van der Waals surface area contributed by atoms with Gasteiger partial charge in [-0.05, 0) is 36.6 Å². The number of methoxy groups -OCH3 is 1. The summed E-state index contributed by atoms with van der Waals surface area (Å²) in [5.74, 6) is 0.360. The Morgan fingerprint density at radius 1 is 1.15 bits per heavy atom. The van der Waals surface area contributed by atoms with Gasteiger partial charge in [0.1, 0.15) is 11.8 Å². The van der Waals surface area contributed by atoms with Crippen LogP contribution in [0.5, 0.6) is 5.75 Å². The number of nitro groups is 1. The monoisotopic (exact) mass is 357 g/mol. The predicted molar refractivity (Wildman–Crippen MR) is 102 cm³/mol. The number of rotatable bonds is 7. The van der Waals surface area contributed by atoms with Crippen LogP contribution in [0.4, 0.5) is 17.1 Å². The molecule has 0 heterocycles. The van der Waals surface area contributed by atoms with Crippen molar-refractivity contribution in [2.24, 2.45) is 0 Å². The lowest BCUT2D eigenvalue weighted by atomic mass is 10.0. The third-order valence-corrected chi connectivity index (χ3v) is 3.98. The van der Waals surface area contributed by atoms with Crippen LogP contribution in [0.1, 0.15) is 32.3 Å². The van der Waals surface area contributed by atoms with Crippen molar-refractivity contribution < 1.29 is 14.5 Å². The van der Waals surface area contributed by atoms with Crippen LogP contribution < -0.4 is 15.4 Å². The zero-order valence-electron chi connectivity index (χ0n) is 15.3. The quantitative estimate of drug-likeness (QED) is 0.573. The highest BCUT2D eigenvalue weighted by molar-refractivity contribution is 5.97. The largest absolute Gasteiger partial charge is 0.494 e. The summed E-state index contributed by atoms with van der Waals surface area (Å²) in [5.41, 5.74) is 2.32. The van der Waals surface area contributed by atoms with Crippen molar-refractivity contribution in [2.45, 2.75) is 32.7 Å². The molecule has 2 N–H and O–H groups in total. The Kier molecular flexibility index (Phi) is 6.16. The predicted octanol–water partition coefficient (Wildman–Crippen LogP) is 4.17. The summed E-state index contributed by atoms with van der Waals surface area (Å²) in [6, 6.07) is 11.5. The molecule has 1 atom stereocenters. The van der Waals surface area contributed by atoms with Crippen molar-refractivity contribution in [1.29, 1.82) is 0 Å². The Morgan fingerprint density at radius 2 is 1.88 bits per heavy atom. The molecule has 0 unspecified atom stereocenters. The van der Waals surface area contributed by atoms with Crippen LogP contribution in [-0.4, -0.2) is 24.0 Å². The molecule has 2 aromatic carbocycles. The zero-order valence-corrected chi connectivity index (χ0v) is 15.3. The fourth-order valence-corrected chi connectivity index (χ4v) is 2.44. The van der Waals surface area contributed by atoms with Crippen molar-refractivity contribution in [1.82, 2.24) is 0 Å². The van der Waals surface area contributed by atoms with Gasteiger partial charge >= 0.3 is 0 Å². The molecule has 7 nitrogen and oxygen atoms in total. The van der Waals surface area contributed by atoms with Gasteiger partial charge in [0.2, 0.25) is 5.91 Å². The van der Waals surface area contributed by atoms with Gasteiger partial charge in [-0.15, -0.1) is 0 Å². The van der Waals surface area contributed by atoms with E-state index >= 15 is 0 Å². The van der Waals surface area contributed by atoms with E-state index in [1.807, 2.05) is 24.3 Å². The molecule has 1 amide bonds. The molecule has 0 saturated heterocycles. The van der Waals surface area contributed by atoms with Crippen molar-refractivity contribution in [3.63, 3.8) is 0 Å². The zero-order chi connectivity index (χ0) is 19.3. The number of ether oxygens (including phenoxy) is 1. The van der Waals surface area contributed by atoms with E-state index in [9.17, 15) is 14.9 Å². The highest BCUT2D eigenvalue weighted by Gasteiger charge is 2.17. The topological polar surface area (TPSA) is 93.5 Å². The van der Waals surface area contributed by atoms with Crippen LogP contribution in [0, 0.1) is 10.1 Å². The summed E-state index contributed by atoms with van der Waals surface area (Å²) in [4.78, 5) is 22.8. The van der Waals surface area contributed by atoms with Crippen molar-refractivity contribution in [3.05, 3.63) is 58.1 Å². The average molecular weight is 357 g/mol. The number of hydrogen-bond acceptors (Lipinski definition) is 5. The molecule has 0 saturated carbocycles. The van der Waals surface area contributed by atoms with E-state index in [1.165, 1.54) is 30.9 Å². The van der Waals surface area contributed by atoms with E-state index < -0.39 is 11.0 Å². The van der Waals surface area contributed by atoms with E-state index in [-0.39, 0.29) is 17.3 Å². The third-order valence-electron chi connectivity index (χ3n) is 3.98. The molecule has 0 spiro atoms. The summed E-state index contributed by atoms with van der Waals surface area (Å²) in [6.45, 7) is 5.96. The number of non-ortho nitro benzene ring substituents is 1. The highest BCUT2D eigenvalue weighted by atomic mass is 16.6. The minimum atomic E-state index is -0.514. The lowest BCUT2D eigenvalue weighted by Crippen LogP contribution is -2.32. The fourth-order valence-electron chi connectivity index (χ4n) is 2.44. The Bertz CT molecular complexity index is 805. The molecular formula is C19H23N3O4. The van der Waals surface area contributed by atoms with E-state index in [0.29, 0.717) is 11.6 Å². The van der Waals surface area contributed by atoms with Gasteiger partial charge in [0.15, 0.2) is 0 Å². The van der Waals surface area contributed by atoms with Gasteiger partial charge in [-0.3, -0.25) is 14.9 Å². The number of carbonyl (C=O) groups is 1. The molecule has 0 bridgehead atoms. The summed E-state index contributed by atoms with van der Waals surface area (Å²) in [5, 5.41) is 16.7. The Labute approximate surface area is 152 Å². The smallest absolute Gasteiger partial charge is 0.273 e. The molecular weight excluding hydrogens is 334 g/mol. The number of nitrogens with zero attached hydrogens (tertiary/aromatic N) is 1. The maximum absolute atomic E-state index is 12.5. The van der Waals surface area contributed by atoms with Gasteiger partial charge in [0.25, 0.3) is 5.69 Å². The average Bonchev–Trinajstić information content (AvgIpc) is 2.61. The van der Waals surface area contributed by atoms with Gasteiger partial charge in [-0.1, -0.05) is 26.0 Å². The standard InChI is InChI=1S/C19H23N3O4/c1-12(2)14-6-5-7-15(10-14)20-13(3)19(23)21-17-9-8-16(22(24)25)11-18(17)26-4/h5-13,20H,1-4H3,(H,21,23)/t13-/m0/s1. The van der Waals surface area contributed by atoms with Gasteiger partial charge in [-0.25, -0.2) is 0 Å². The van der Waals surface area contributed by atoms with Crippen LogP contribution in [0.15, 0.2) is 42.5 Å². The summed E-state index contributed by atoms with van der Waals surface area (Å²) in [6.07, 6.45) is 0. The number of carbonyl (C=O) groups excluding carboxylic acids is 1. The molecule has 2 rings (SSSR count). The van der Waals surface area contributed by atoms with E-state index in [4.69, 9.17) is 4.74 Å². The number of hydrogen-bond donors (Lipinski definition) is 2.